The Morgan fingerprint density at radius 2 is 2.05 bits per heavy atom. The number of fused-ring (bicyclic) bond motifs is 1. The largest absolute Gasteiger partial charge is 0.388 e. The zero-order valence-corrected chi connectivity index (χ0v) is 10.7. The van der Waals surface area contributed by atoms with Crippen molar-refractivity contribution in [1.82, 2.24) is 14.9 Å². The summed E-state index contributed by atoms with van der Waals surface area (Å²) in [5, 5.41) is 9.92. The Labute approximate surface area is 110 Å². The highest BCUT2D eigenvalue weighted by Crippen LogP contribution is 2.22. The average molecular weight is 257 g/mol. The van der Waals surface area contributed by atoms with Crippen LogP contribution in [0.3, 0.4) is 0 Å². The lowest BCUT2D eigenvalue weighted by Gasteiger charge is -2.19. The third-order valence-corrected chi connectivity index (χ3v) is 3.46. The first-order chi connectivity index (χ1) is 9.05. The lowest BCUT2D eigenvalue weighted by molar-refractivity contribution is 0.0572. The van der Waals surface area contributed by atoms with E-state index in [2.05, 4.69) is 9.97 Å². The third-order valence-electron chi connectivity index (χ3n) is 3.46. The van der Waals surface area contributed by atoms with E-state index in [1.165, 1.54) is 0 Å². The fourth-order valence-electron chi connectivity index (χ4n) is 2.40. The number of aliphatic hydroxyl groups is 1. The maximum atomic E-state index is 12.3. The second-order valence-corrected chi connectivity index (χ2v) is 5.23. The first kappa shape index (κ1) is 12.0. The lowest BCUT2D eigenvalue weighted by Crippen LogP contribution is -2.33. The lowest BCUT2D eigenvalue weighted by atomic mass is 10.1. The van der Waals surface area contributed by atoms with Gasteiger partial charge in [-0.05, 0) is 31.5 Å². The number of benzene rings is 1. The average Bonchev–Trinajstić information content (AvgIpc) is 2.78. The van der Waals surface area contributed by atoms with Crippen molar-refractivity contribution in [3.8, 4) is 0 Å². The molecule has 0 radical (unpaired) electrons. The summed E-state index contributed by atoms with van der Waals surface area (Å²) in [5.41, 5.74) is 1.30. The predicted octanol–water partition coefficient (Wildman–Crippen LogP) is 1.23. The van der Waals surface area contributed by atoms with Gasteiger partial charge in [-0.25, -0.2) is 0 Å². The fraction of sp³-hybridized carbons (Fsp3) is 0.357. The summed E-state index contributed by atoms with van der Waals surface area (Å²) < 4.78 is 0. The summed E-state index contributed by atoms with van der Waals surface area (Å²) >= 11 is 0. The topological polar surface area (TPSA) is 66.3 Å². The van der Waals surface area contributed by atoms with E-state index in [-0.39, 0.29) is 5.91 Å². The van der Waals surface area contributed by atoms with Gasteiger partial charge in [0.15, 0.2) is 0 Å². The van der Waals surface area contributed by atoms with Crippen molar-refractivity contribution in [2.24, 2.45) is 0 Å². The molecule has 1 unspecified atom stereocenters. The molecule has 1 N–H and O–H groups in total. The van der Waals surface area contributed by atoms with Gasteiger partial charge in [0.1, 0.15) is 0 Å². The van der Waals surface area contributed by atoms with Crippen LogP contribution in [0, 0.1) is 0 Å². The highest BCUT2D eigenvalue weighted by Gasteiger charge is 2.34. The molecule has 98 valence electrons. The monoisotopic (exact) mass is 257 g/mol. The maximum Gasteiger partial charge on any atom is 0.254 e. The molecule has 1 saturated heterocycles. The molecule has 1 atom stereocenters. The second kappa shape index (κ2) is 4.28. The van der Waals surface area contributed by atoms with E-state index in [9.17, 15) is 9.90 Å². The normalized spacial score (nSPS) is 22.9. The van der Waals surface area contributed by atoms with E-state index in [0.29, 0.717) is 30.6 Å². The summed E-state index contributed by atoms with van der Waals surface area (Å²) in [5.74, 6) is -0.0645. The summed E-state index contributed by atoms with van der Waals surface area (Å²) in [7, 11) is 0. The summed E-state index contributed by atoms with van der Waals surface area (Å²) in [6.45, 7) is 2.72. The van der Waals surface area contributed by atoms with E-state index >= 15 is 0 Å². The molecule has 5 nitrogen and oxygen atoms in total. The van der Waals surface area contributed by atoms with Gasteiger partial charge in [0.05, 0.1) is 16.6 Å². The van der Waals surface area contributed by atoms with Gasteiger partial charge in [-0.1, -0.05) is 0 Å². The second-order valence-electron chi connectivity index (χ2n) is 5.23. The van der Waals surface area contributed by atoms with Crippen LogP contribution in [0.4, 0.5) is 0 Å². The summed E-state index contributed by atoms with van der Waals surface area (Å²) in [6.07, 6.45) is 3.85. The van der Waals surface area contributed by atoms with Crippen molar-refractivity contribution in [3.05, 3.63) is 36.2 Å². The van der Waals surface area contributed by atoms with Crippen molar-refractivity contribution < 1.29 is 9.90 Å². The Kier molecular flexibility index (Phi) is 2.71. The fourth-order valence-corrected chi connectivity index (χ4v) is 2.40. The first-order valence-corrected chi connectivity index (χ1v) is 6.28. The van der Waals surface area contributed by atoms with Crippen LogP contribution in [0.5, 0.6) is 0 Å². The number of hydrogen-bond donors (Lipinski definition) is 1. The molecule has 1 aliphatic rings. The van der Waals surface area contributed by atoms with Crippen LogP contribution in [0.25, 0.3) is 11.0 Å². The van der Waals surface area contributed by atoms with E-state index in [1.54, 1.807) is 42.4 Å². The number of amides is 1. The number of likely N-dealkylation sites (tertiary alicyclic amines) is 1. The molecule has 1 aromatic heterocycles. The van der Waals surface area contributed by atoms with Gasteiger partial charge in [0.25, 0.3) is 5.91 Å². The minimum Gasteiger partial charge on any atom is -0.388 e. The highest BCUT2D eigenvalue weighted by molar-refractivity contribution is 5.97. The molecule has 0 spiro atoms. The SMILES string of the molecule is CC1(O)CCN(C(=O)c2ccc3nccnc3c2)C1. The molecule has 1 aromatic carbocycles. The van der Waals surface area contributed by atoms with Crippen LogP contribution in [0.1, 0.15) is 23.7 Å². The molecule has 19 heavy (non-hydrogen) atoms. The van der Waals surface area contributed by atoms with E-state index in [4.69, 9.17) is 0 Å². The van der Waals surface area contributed by atoms with E-state index in [0.717, 1.165) is 5.52 Å². The zero-order chi connectivity index (χ0) is 13.5. The molecule has 1 amide bonds. The molecule has 3 rings (SSSR count). The Morgan fingerprint density at radius 3 is 2.74 bits per heavy atom. The van der Waals surface area contributed by atoms with Gasteiger partial charge < -0.3 is 10.0 Å². The zero-order valence-electron chi connectivity index (χ0n) is 10.7. The number of β-amino-alcohol motifs (C(OH)–C–C–N with tert-alkyl or cyclic N) is 1. The molecule has 0 aliphatic carbocycles. The Bertz CT molecular complexity index is 639. The van der Waals surface area contributed by atoms with Crippen molar-refractivity contribution in [2.75, 3.05) is 13.1 Å². The van der Waals surface area contributed by atoms with Gasteiger partial charge in [0, 0.05) is 31.0 Å². The van der Waals surface area contributed by atoms with E-state index < -0.39 is 5.60 Å². The molecule has 1 fully saturated rings. The van der Waals surface area contributed by atoms with E-state index in [1.807, 2.05) is 0 Å². The summed E-state index contributed by atoms with van der Waals surface area (Å²) in [6, 6.07) is 5.30. The molecular formula is C14H15N3O2. The van der Waals surface area contributed by atoms with Gasteiger partial charge in [-0.15, -0.1) is 0 Å². The minimum atomic E-state index is -0.772. The van der Waals surface area contributed by atoms with Crippen molar-refractivity contribution >= 4 is 16.9 Å². The molecule has 2 heterocycles. The van der Waals surface area contributed by atoms with Crippen molar-refractivity contribution in [1.29, 1.82) is 0 Å². The standard InChI is InChI=1S/C14H15N3O2/c1-14(19)4-7-17(9-14)13(18)10-2-3-11-12(8-10)16-6-5-15-11/h2-3,5-6,8,19H,4,7,9H2,1H3. The van der Waals surface area contributed by atoms with Gasteiger partial charge in [-0.3, -0.25) is 14.8 Å². The number of rotatable bonds is 1. The molecule has 1 aliphatic heterocycles. The van der Waals surface area contributed by atoms with Gasteiger partial charge in [0.2, 0.25) is 0 Å². The van der Waals surface area contributed by atoms with Crippen molar-refractivity contribution in [2.45, 2.75) is 18.9 Å². The molecular weight excluding hydrogens is 242 g/mol. The quantitative estimate of drug-likeness (QED) is 0.834. The number of carbonyl (C=O) groups is 1. The first-order valence-electron chi connectivity index (χ1n) is 6.28. The Morgan fingerprint density at radius 1 is 1.32 bits per heavy atom. The maximum absolute atomic E-state index is 12.3. The number of carbonyl (C=O) groups excluding carboxylic acids is 1. The van der Waals surface area contributed by atoms with Crippen LogP contribution >= 0.6 is 0 Å². The minimum absolute atomic E-state index is 0.0645. The molecule has 0 saturated carbocycles. The molecule has 0 bridgehead atoms. The molecule has 5 heteroatoms. The predicted molar refractivity (Wildman–Crippen MR) is 70.7 cm³/mol. The third kappa shape index (κ3) is 2.29. The number of hydrogen-bond acceptors (Lipinski definition) is 4. The smallest absolute Gasteiger partial charge is 0.254 e. The Hall–Kier alpha value is -2.01. The van der Waals surface area contributed by atoms with Crippen LogP contribution in [-0.2, 0) is 0 Å². The van der Waals surface area contributed by atoms with Crippen LogP contribution in [-0.4, -0.2) is 44.6 Å². The van der Waals surface area contributed by atoms with Crippen molar-refractivity contribution in [3.63, 3.8) is 0 Å². The highest BCUT2D eigenvalue weighted by atomic mass is 16.3. The van der Waals surface area contributed by atoms with Gasteiger partial charge >= 0.3 is 0 Å². The van der Waals surface area contributed by atoms with Crippen LogP contribution < -0.4 is 0 Å². The Balaban J connectivity index is 1.90. The summed E-state index contributed by atoms with van der Waals surface area (Å²) in [4.78, 5) is 22.4. The number of nitrogens with zero attached hydrogens (tertiary/aromatic N) is 3. The van der Waals surface area contributed by atoms with Crippen LogP contribution in [0.15, 0.2) is 30.6 Å². The molecule has 2 aromatic rings. The van der Waals surface area contributed by atoms with Crippen LogP contribution in [0.2, 0.25) is 0 Å². The number of aromatic nitrogens is 2. The van der Waals surface area contributed by atoms with Gasteiger partial charge in [-0.2, -0.15) is 0 Å².